The fraction of sp³-hybridized carbons (Fsp3) is 0.231. The zero-order valence-corrected chi connectivity index (χ0v) is 10.6. The summed E-state index contributed by atoms with van der Waals surface area (Å²) < 4.78 is 44.7. The Labute approximate surface area is 111 Å². The number of carbonyl (C=O) groups is 1. The lowest BCUT2D eigenvalue weighted by Crippen LogP contribution is -2.03. The average molecular weight is 285 g/mol. The number of carboxylic acid groups (broad SMARTS) is 1. The maximum absolute atomic E-state index is 13.7. The van der Waals surface area contributed by atoms with Crippen LogP contribution in [-0.4, -0.2) is 16.2 Å². The van der Waals surface area contributed by atoms with Crippen LogP contribution in [0.3, 0.4) is 0 Å². The maximum atomic E-state index is 13.7. The summed E-state index contributed by atoms with van der Waals surface area (Å²) in [6.07, 6.45) is 0. The maximum Gasteiger partial charge on any atom is 0.341 e. The Balaban J connectivity index is 2.70. The Morgan fingerprint density at radius 3 is 2.35 bits per heavy atom. The van der Waals surface area contributed by atoms with Crippen LogP contribution in [0.4, 0.5) is 13.2 Å². The van der Waals surface area contributed by atoms with Gasteiger partial charge < -0.3 is 9.63 Å². The molecule has 2 rings (SSSR count). The van der Waals surface area contributed by atoms with Gasteiger partial charge in [0.15, 0.2) is 17.4 Å². The van der Waals surface area contributed by atoms with E-state index in [2.05, 4.69) is 5.16 Å². The Morgan fingerprint density at radius 2 is 1.80 bits per heavy atom. The van der Waals surface area contributed by atoms with Crippen molar-refractivity contribution in [2.45, 2.75) is 19.8 Å². The highest BCUT2D eigenvalue weighted by Crippen LogP contribution is 2.32. The molecule has 0 saturated carbocycles. The number of rotatable bonds is 3. The third-order valence-corrected chi connectivity index (χ3v) is 2.72. The molecule has 0 saturated heterocycles. The van der Waals surface area contributed by atoms with Crippen molar-refractivity contribution >= 4 is 5.97 Å². The topological polar surface area (TPSA) is 63.3 Å². The fourth-order valence-electron chi connectivity index (χ4n) is 1.79. The molecule has 2 aromatic rings. The molecule has 0 spiro atoms. The van der Waals surface area contributed by atoms with Crippen LogP contribution in [0.2, 0.25) is 0 Å². The summed E-state index contributed by atoms with van der Waals surface area (Å²) in [6, 6.07) is 0.888. The van der Waals surface area contributed by atoms with E-state index in [0.29, 0.717) is 12.1 Å². The van der Waals surface area contributed by atoms with Crippen molar-refractivity contribution < 1.29 is 27.6 Å². The smallest absolute Gasteiger partial charge is 0.341 e. The quantitative estimate of drug-likeness (QED) is 0.875. The van der Waals surface area contributed by atoms with Gasteiger partial charge in [-0.2, -0.15) is 0 Å². The molecule has 106 valence electrons. The first kappa shape index (κ1) is 14.1. The van der Waals surface area contributed by atoms with Crippen LogP contribution in [0.25, 0.3) is 11.3 Å². The number of nitrogens with zero attached hydrogens (tertiary/aromatic N) is 1. The summed E-state index contributed by atoms with van der Waals surface area (Å²) in [5, 5.41) is 12.6. The van der Waals surface area contributed by atoms with E-state index >= 15 is 0 Å². The number of hydrogen-bond acceptors (Lipinski definition) is 3. The summed E-state index contributed by atoms with van der Waals surface area (Å²) >= 11 is 0. The van der Waals surface area contributed by atoms with Gasteiger partial charge in [-0.15, -0.1) is 0 Å². The van der Waals surface area contributed by atoms with Crippen molar-refractivity contribution in [1.82, 2.24) is 5.16 Å². The summed E-state index contributed by atoms with van der Waals surface area (Å²) in [6.45, 7) is 3.33. The van der Waals surface area contributed by atoms with Gasteiger partial charge >= 0.3 is 5.97 Å². The fourth-order valence-corrected chi connectivity index (χ4v) is 1.79. The van der Waals surface area contributed by atoms with E-state index in [1.807, 2.05) is 0 Å². The van der Waals surface area contributed by atoms with Crippen molar-refractivity contribution in [2.75, 3.05) is 0 Å². The Bertz CT molecular complexity index is 680. The molecule has 0 aliphatic carbocycles. The Kier molecular flexibility index (Phi) is 3.52. The third kappa shape index (κ3) is 2.26. The van der Waals surface area contributed by atoms with Crippen molar-refractivity contribution in [2.24, 2.45) is 0 Å². The predicted molar refractivity (Wildman–Crippen MR) is 62.9 cm³/mol. The lowest BCUT2D eigenvalue weighted by atomic mass is 10.0. The van der Waals surface area contributed by atoms with Gasteiger partial charge in [-0.25, -0.2) is 18.0 Å². The molecular weight excluding hydrogens is 275 g/mol. The largest absolute Gasteiger partial charge is 0.477 e. The normalized spacial score (nSPS) is 11.1. The SMILES string of the molecule is CC(C)c1onc(-c2cc(F)c(F)cc2F)c1C(=O)O. The second kappa shape index (κ2) is 4.99. The second-order valence-electron chi connectivity index (χ2n) is 4.48. The van der Waals surface area contributed by atoms with Gasteiger partial charge in [-0.05, 0) is 6.07 Å². The van der Waals surface area contributed by atoms with Crippen LogP contribution < -0.4 is 0 Å². The number of carboxylic acids is 1. The van der Waals surface area contributed by atoms with Crippen LogP contribution in [0.5, 0.6) is 0 Å². The summed E-state index contributed by atoms with van der Waals surface area (Å²) in [7, 11) is 0. The lowest BCUT2D eigenvalue weighted by Gasteiger charge is -2.03. The number of aromatic carboxylic acids is 1. The van der Waals surface area contributed by atoms with Crippen LogP contribution in [0, 0.1) is 17.5 Å². The molecule has 1 heterocycles. The van der Waals surface area contributed by atoms with E-state index in [1.54, 1.807) is 13.8 Å². The van der Waals surface area contributed by atoms with E-state index in [1.165, 1.54) is 0 Å². The molecule has 0 unspecified atom stereocenters. The van der Waals surface area contributed by atoms with Crippen molar-refractivity contribution in [1.29, 1.82) is 0 Å². The van der Waals surface area contributed by atoms with E-state index in [-0.39, 0.29) is 22.9 Å². The molecule has 7 heteroatoms. The van der Waals surface area contributed by atoms with Crippen molar-refractivity contribution in [3.05, 3.63) is 40.9 Å². The van der Waals surface area contributed by atoms with Crippen LogP contribution in [0.1, 0.15) is 35.9 Å². The number of aromatic nitrogens is 1. The zero-order chi connectivity index (χ0) is 15.0. The molecule has 1 N–H and O–H groups in total. The van der Waals surface area contributed by atoms with Crippen molar-refractivity contribution in [3.63, 3.8) is 0 Å². The second-order valence-corrected chi connectivity index (χ2v) is 4.48. The van der Waals surface area contributed by atoms with Crippen LogP contribution in [0.15, 0.2) is 16.7 Å². The first-order chi connectivity index (χ1) is 9.32. The molecule has 0 aliphatic heterocycles. The minimum absolute atomic E-state index is 0.0385. The zero-order valence-electron chi connectivity index (χ0n) is 10.6. The number of benzene rings is 1. The molecule has 0 radical (unpaired) electrons. The average Bonchev–Trinajstić information content (AvgIpc) is 2.78. The van der Waals surface area contributed by atoms with Crippen molar-refractivity contribution in [3.8, 4) is 11.3 Å². The minimum atomic E-state index is -1.38. The van der Waals surface area contributed by atoms with Gasteiger partial charge in [0, 0.05) is 17.5 Å². The van der Waals surface area contributed by atoms with E-state index in [9.17, 15) is 23.1 Å². The molecule has 0 bridgehead atoms. The summed E-state index contributed by atoms with van der Waals surface area (Å²) in [5.74, 6) is -5.43. The minimum Gasteiger partial charge on any atom is -0.477 e. The number of hydrogen-bond donors (Lipinski definition) is 1. The van der Waals surface area contributed by atoms with E-state index in [0.717, 1.165) is 0 Å². The predicted octanol–water partition coefficient (Wildman–Crippen LogP) is 3.58. The first-order valence-corrected chi connectivity index (χ1v) is 5.70. The lowest BCUT2D eigenvalue weighted by molar-refractivity contribution is 0.0694. The molecule has 1 aromatic carbocycles. The molecule has 0 amide bonds. The van der Waals surface area contributed by atoms with Gasteiger partial charge in [0.2, 0.25) is 0 Å². The molecule has 0 atom stereocenters. The van der Waals surface area contributed by atoms with Gasteiger partial charge in [0.25, 0.3) is 0 Å². The molecule has 0 fully saturated rings. The molecular formula is C13H10F3NO3. The first-order valence-electron chi connectivity index (χ1n) is 5.70. The van der Waals surface area contributed by atoms with Gasteiger partial charge in [0.1, 0.15) is 17.1 Å². The van der Waals surface area contributed by atoms with E-state index < -0.39 is 29.0 Å². The van der Waals surface area contributed by atoms with E-state index in [4.69, 9.17) is 4.52 Å². The van der Waals surface area contributed by atoms with Crippen LogP contribution >= 0.6 is 0 Å². The molecule has 20 heavy (non-hydrogen) atoms. The highest BCUT2D eigenvalue weighted by molar-refractivity contribution is 5.96. The molecule has 0 aliphatic rings. The van der Waals surface area contributed by atoms with Gasteiger partial charge in [-0.3, -0.25) is 0 Å². The van der Waals surface area contributed by atoms with Gasteiger partial charge in [0.05, 0.1) is 0 Å². The number of halogens is 3. The highest BCUT2D eigenvalue weighted by atomic mass is 19.2. The third-order valence-electron chi connectivity index (χ3n) is 2.72. The monoisotopic (exact) mass is 285 g/mol. The van der Waals surface area contributed by atoms with Gasteiger partial charge in [-0.1, -0.05) is 19.0 Å². The Morgan fingerprint density at radius 1 is 1.20 bits per heavy atom. The standard InChI is InChI=1S/C13H10F3NO3/c1-5(2)12-10(13(18)19)11(17-20-12)6-3-8(15)9(16)4-7(6)14/h3-5H,1-2H3,(H,18,19). The molecule has 1 aromatic heterocycles. The molecule has 4 nitrogen and oxygen atoms in total. The Hall–Kier alpha value is -2.31. The van der Waals surface area contributed by atoms with Crippen LogP contribution in [-0.2, 0) is 0 Å². The highest BCUT2D eigenvalue weighted by Gasteiger charge is 2.27. The summed E-state index contributed by atoms with van der Waals surface area (Å²) in [4.78, 5) is 11.3. The summed E-state index contributed by atoms with van der Waals surface area (Å²) in [5.41, 5.74) is -1.18.